The van der Waals surface area contributed by atoms with E-state index in [2.05, 4.69) is 113 Å². The summed E-state index contributed by atoms with van der Waals surface area (Å²) < 4.78 is 11.0. The van der Waals surface area contributed by atoms with Crippen LogP contribution < -0.4 is 20.0 Å². The third-order valence-electron chi connectivity index (χ3n) is 14.5. The monoisotopic (exact) mass is 952 g/mol. The zero-order valence-electron chi connectivity index (χ0n) is 39.0. The zero-order chi connectivity index (χ0) is 44.5. The van der Waals surface area contributed by atoms with Crippen LogP contribution in [0.3, 0.4) is 0 Å². The number of fused-ring (bicyclic) bond motifs is 6. The predicted octanol–water partition coefficient (Wildman–Crippen LogP) is 11.4. The molecule has 8 heterocycles. The van der Waals surface area contributed by atoms with Crippen LogP contribution in [-0.2, 0) is 35.4 Å². The lowest BCUT2D eigenvalue weighted by molar-refractivity contribution is 0.0601. The number of hydrogen-bond acceptors (Lipinski definition) is 10. The maximum atomic E-state index is 6.42. The van der Waals surface area contributed by atoms with Gasteiger partial charge in [-0.1, -0.05) is 63.6 Å². The fraction of sp³-hybridized carbons (Fsp3) is 0.600. The summed E-state index contributed by atoms with van der Waals surface area (Å²) in [6, 6.07) is 16.1. The number of rotatable bonds is 7. The fourth-order valence-corrected chi connectivity index (χ4v) is 11.5. The molecule has 0 saturated carbocycles. The van der Waals surface area contributed by atoms with Crippen molar-refractivity contribution in [1.29, 1.82) is 0 Å². The summed E-state index contributed by atoms with van der Waals surface area (Å²) >= 11 is 18.6. The molecular formula is C50H68Cl4N8O2. The first-order valence-electron chi connectivity index (χ1n) is 23.3. The van der Waals surface area contributed by atoms with Crippen LogP contribution in [0.5, 0.6) is 0 Å². The minimum Gasteiger partial charge on any atom is -0.381 e. The first-order chi connectivity index (χ1) is 30.3. The fourth-order valence-electron chi connectivity index (χ4n) is 10.9. The van der Waals surface area contributed by atoms with Crippen LogP contribution >= 0.6 is 47.2 Å². The van der Waals surface area contributed by atoms with E-state index in [1.54, 1.807) is 0 Å². The van der Waals surface area contributed by atoms with Crippen molar-refractivity contribution >= 4 is 64.4 Å². The van der Waals surface area contributed by atoms with Crippen LogP contribution in [0.15, 0.2) is 36.4 Å². The van der Waals surface area contributed by atoms with Gasteiger partial charge in [-0.3, -0.25) is 0 Å². The van der Waals surface area contributed by atoms with Crippen LogP contribution in [-0.4, -0.2) is 83.6 Å². The molecule has 4 bridgehead atoms. The van der Waals surface area contributed by atoms with Crippen LogP contribution in [0.1, 0.15) is 136 Å². The molecule has 0 spiro atoms. The van der Waals surface area contributed by atoms with E-state index in [1.165, 1.54) is 77.7 Å². The quantitative estimate of drug-likeness (QED) is 0.143. The van der Waals surface area contributed by atoms with Gasteiger partial charge in [-0.05, 0) is 135 Å². The largest absolute Gasteiger partial charge is 0.381 e. The van der Waals surface area contributed by atoms with Crippen molar-refractivity contribution in [3.63, 3.8) is 0 Å². The van der Waals surface area contributed by atoms with E-state index in [9.17, 15) is 0 Å². The SMILES string of the molecule is COC1C[C@H]2CC[C@@H](C1)N2.COC1C[C@H]2CC[C@@H](C1)N2c1nc(Cl)nc2c1CN(c1cc(C(C)C)ccc1C)CC2.Cc1ccc(C(C)C)cc1N1CCc2nc(Cl)nc(Cl)c2C1.Cl. The van der Waals surface area contributed by atoms with Gasteiger partial charge in [0.15, 0.2) is 0 Å². The summed E-state index contributed by atoms with van der Waals surface area (Å²) in [5, 5.41) is 4.66. The topological polar surface area (TPSA) is 91.8 Å². The number of ether oxygens (including phenoxy) is 2. The third-order valence-corrected chi connectivity index (χ3v) is 15.2. The molecule has 0 amide bonds. The van der Waals surface area contributed by atoms with Gasteiger partial charge in [-0.2, -0.15) is 0 Å². The van der Waals surface area contributed by atoms with Gasteiger partial charge in [0.05, 0.1) is 23.6 Å². The Hall–Kier alpha value is -2.96. The van der Waals surface area contributed by atoms with Gasteiger partial charge >= 0.3 is 0 Å². The van der Waals surface area contributed by atoms with Gasteiger partial charge in [0.25, 0.3) is 0 Å². The smallest absolute Gasteiger partial charge is 0.224 e. The molecule has 0 aliphatic carbocycles. The number of benzene rings is 2. The van der Waals surface area contributed by atoms with Gasteiger partial charge in [-0.25, -0.2) is 19.9 Å². The Kier molecular flexibility index (Phi) is 16.3. The lowest BCUT2D eigenvalue weighted by Gasteiger charge is -2.41. The highest BCUT2D eigenvalue weighted by Gasteiger charge is 2.43. The molecular weight excluding hydrogens is 886 g/mol. The van der Waals surface area contributed by atoms with E-state index in [4.69, 9.17) is 49.3 Å². The van der Waals surface area contributed by atoms with E-state index in [0.29, 0.717) is 46.6 Å². The maximum absolute atomic E-state index is 6.42. The standard InChI is InChI=1S/C25H33ClN4O.C17H19Cl2N3.C8H15NO.ClH/c1-15(2)17-6-5-16(3)23(11-17)29-10-9-22-21(14-29)24(28-25(26)27-22)30-18-7-8-19(30)13-20(12-18)31-4;1-10(2)12-5-4-11(3)15(8-12)22-7-6-14-13(9-22)16(18)21-17(19)20-14;1-10-8-4-6-2-3-7(5-8)9-6;/h5-6,11,15,18-20H,7-10,12-14H2,1-4H3;4-5,8,10H,6-7,9H2,1-3H3;6-9H,2-5H2,1H3;1H/t18-,19+,20?;;6-,7+,8?;. The molecule has 2 aromatic heterocycles. The molecule has 6 atom stereocenters. The van der Waals surface area contributed by atoms with Crippen molar-refractivity contribution in [3.8, 4) is 0 Å². The summed E-state index contributed by atoms with van der Waals surface area (Å²) in [4.78, 5) is 25.3. The molecule has 0 radical (unpaired) electrons. The van der Waals surface area contributed by atoms with Gasteiger partial charge in [0.1, 0.15) is 11.0 Å². The minimum atomic E-state index is 0. The van der Waals surface area contributed by atoms with E-state index in [0.717, 1.165) is 86.7 Å². The summed E-state index contributed by atoms with van der Waals surface area (Å²) in [6.07, 6.45) is 12.4. The van der Waals surface area contributed by atoms with Crippen molar-refractivity contribution in [2.75, 3.05) is 42.0 Å². The summed E-state index contributed by atoms with van der Waals surface area (Å²) in [7, 11) is 3.67. The number of methoxy groups -OCH3 is 2. The first-order valence-corrected chi connectivity index (χ1v) is 24.5. The van der Waals surface area contributed by atoms with Crippen LogP contribution in [0, 0.1) is 13.8 Å². The Balaban J connectivity index is 0.000000161. The van der Waals surface area contributed by atoms with Crippen molar-refractivity contribution in [2.45, 2.75) is 167 Å². The van der Waals surface area contributed by atoms with E-state index in [1.807, 2.05) is 14.2 Å². The molecule has 1 N–H and O–H groups in total. The third kappa shape index (κ3) is 10.9. The average molecular weight is 955 g/mol. The highest BCUT2D eigenvalue weighted by molar-refractivity contribution is 6.32. The number of aromatic nitrogens is 4. The highest BCUT2D eigenvalue weighted by Crippen LogP contribution is 2.43. The molecule has 2 aromatic carbocycles. The zero-order valence-corrected chi connectivity index (χ0v) is 42.1. The highest BCUT2D eigenvalue weighted by atomic mass is 35.5. The van der Waals surface area contributed by atoms with E-state index >= 15 is 0 Å². The molecule has 6 aliphatic rings. The van der Waals surface area contributed by atoms with E-state index < -0.39 is 0 Å². The number of anilines is 3. The average Bonchev–Trinajstić information content (AvgIpc) is 3.75. The predicted molar refractivity (Wildman–Crippen MR) is 266 cm³/mol. The molecule has 4 saturated heterocycles. The number of hydrogen-bond donors (Lipinski definition) is 1. The molecule has 10 rings (SSSR count). The van der Waals surface area contributed by atoms with Crippen molar-refractivity contribution in [2.24, 2.45) is 0 Å². The van der Waals surface area contributed by atoms with Gasteiger partial charge in [0.2, 0.25) is 10.6 Å². The van der Waals surface area contributed by atoms with Gasteiger partial charge in [-0.15, -0.1) is 12.4 Å². The van der Waals surface area contributed by atoms with Crippen molar-refractivity contribution in [3.05, 3.63) is 96.9 Å². The number of nitrogens with zero attached hydrogens (tertiary/aromatic N) is 7. The summed E-state index contributed by atoms with van der Waals surface area (Å²) in [6.45, 7) is 16.8. The molecule has 14 heteroatoms. The number of piperidine rings is 2. The Morgan fingerprint density at radius 3 is 1.59 bits per heavy atom. The summed E-state index contributed by atoms with van der Waals surface area (Å²) in [5.74, 6) is 2.11. The second kappa shape index (κ2) is 21.3. The number of halogens is 4. The Morgan fingerprint density at radius 1 is 0.625 bits per heavy atom. The van der Waals surface area contributed by atoms with Gasteiger partial charge < -0.3 is 29.5 Å². The minimum absolute atomic E-state index is 0. The molecule has 6 aliphatic heterocycles. The van der Waals surface area contributed by atoms with Crippen LogP contribution in [0.2, 0.25) is 15.7 Å². The van der Waals surface area contributed by atoms with Crippen molar-refractivity contribution < 1.29 is 9.47 Å². The second-order valence-corrected chi connectivity index (χ2v) is 20.3. The van der Waals surface area contributed by atoms with Crippen molar-refractivity contribution in [1.82, 2.24) is 25.3 Å². The number of nitrogens with one attached hydrogen (secondary N) is 1. The number of aryl methyl sites for hydroxylation is 2. The molecule has 4 fully saturated rings. The lowest BCUT2D eigenvalue weighted by atomic mass is 9.96. The summed E-state index contributed by atoms with van der Waals surface area (Å²) in [5.41, 5.74) is 12.3. The molecule has 2 unspecified atom stereocenters. The van der Waals surface area contributed by atoms with E-state index in [-0.39, 0.29) is 17.7 Å². The first kappa shape index (κ1) is 49.0. The molecule has 348 valence electrons. The molecule has 64 heavy (non-hydrogen) atoms. The maximum Gasteiger partial charge on any atom is 0.224 e. The van der Waals surface area contributed by atoms with Crippen LogP contribution in [0.25, 0.3) is 0 Å². The Labute approximate surface area is 403 Å². The molecule has 4 aromatic rings. The van der Waals surface area contributed by atoms with Crippen LogP contribution in [0.4, 0.5) is 17.2 Å². The second-order valence-electron chi connectivity index (χ2n) is 19.3. The normalized spacial score (nSPS) is 24.4. The lowest BCUT2D eigenvalue weighted by Crippen LogP contribution is -2.47. The Bertz CT molecular complexity index is 2220. The molecule has 10 nitrogen and oxygen atoms in total. The Morgan fingerprint density at radius 2 is 1.09 bits per heavy atom. The van der Waals surface area contributed by atoms with Gasteiger partial charge in [0, 0.05) is 99.9 Å².